The summed E-state index contributed by atoms with van der Waals surface area (Å²) >= 11 is 0. The number of hydrogen-bond acceptors (Lipinski definition) is 4. The van der Waals surface area contributed by atoms with E-state index in [1.807, 2.05) is 90.8 Å². The molecule has 1 saturated heterocycles. The SMILES string of the molecule is CC1CN(C=Cc2ccccc2)C(C=O)O1.NC=Cc1ccccc1. The van der Waals surface area contributed by atoms with E-state index in [1.54, 1.807) is 0 Å². The lowest BCUT2D eigenvalue weighted by Crippen LogP contribution is -2.25. The monoisotopic (exact) mass is 336 g/mol. The van der Waals surface area contributed by atoms with E-state index in [4.69, 9.17) is 10.5 Å². The molecule has 130 valence electrons. The molecular weight excluding hydrogens is 312 g/mol. The van der Waals surface area contributed by atoms with Gasteiger partial charge in [0.2, 0.25) is 0 Å². The third-order valence-electron chi connectivity index (χ3n) is 3.63. The molecule has 0 bridgehead atoms. The lowest BCUT2D eigenvalue weighted by Gasteiger charge is -2.14. The van der Waals surface area contributed by atoms with Crippen LogP contribution in [0.15, 0.2) is 73.1 Å². The molecule has 2 aromatic rings. The van der Waals surface area contributed by atoms with E-state index in [0.717, 1.165) is 24.0 Å². The van der Waals surface area contributed by atoms with Crippen molar-refractivity contribution in [1.29, 1.82) is 0 Å². The Hall–Kier alpha value is -2.85. The normalized spacial score (nSPS) is 19.8. The minimum atomic E-state index is -0.435. The van der Waals surface area contributed by atoms with E-state index in [2.05, 4.69) is 0 Å². The first kappa shape index (κ1) is 18.5. The van der Waals surface area contributed by atoms with Crippen molar-refractivity contribution < 1.29 is 9.53 Å². The Morgan fingerprint density at radius 3 is 2.08 bits per heavy atom. The van der Waals surface area contributed by atoms with E-state index >= 15 is 0 Å². The van der Waals surface area contributed by atoms with Crippen molar-refractivity contribution in [3.05, 3.63) is 84.2 Å². The van der Waals surface area contributed by atoms with Gasteiger partial charge in [0.25, 0.3) is 0 Å². The van der Waals surface area contributed by atoms with E-state index in [0.29, 0.717) is 0 Å². The standard InChI is InChI=1S/C13H15NO2.C8H9N/c1-11-9-14(13(10-15)16-11)8-7-12-5-3-2-4-6-12;9-7-6-8-4-2-1-3-5-8/h2-8,10-11,13H,9H2,1H3;1-7H,9H2. The molecule has 1 aliphatic rings. The fraction of sp³-hybridized carbons (Fsp3) is 0.190. The topological polar surface area (TPSA) is 55.6 Å². The second-order valence-corrected chi connectivity index (χ2v) is 5.67. The molecule has 0 aliphatic carbocycles. The van der Waals surface area contributed by atoms with Crippen molar-refractivity contribution in [2.24, 2.45) is 5.73 Å². The maximum atomic E-state index is 10.8. The average Bonchev–Trinajstić information content (AvgIpc) is 3.02. The molecule has 0 spiro atoms. The second-order valence-electron chi connectivity index (χ2n) is 5.67. The van der Waals surface area contributed by atoms with Gasteiger partial charge in [-0.1, -0.05) is 60.7 Å². The second kappa shape index (κ2) is 10.1. The number of ether oxygens (including phenoxy) is 1. The minimum Gasteiger partial charge on any atom is -0.405 e. The Balaban J connectivity index is 0.000000212. The first-order chi connectivity index (χ1) is 12.2. The molecule has 0 radical (unpaired) electrons. The van der Waals surface area contributed by atoms with Crippen LogP contribution < -0.4 is 5.73 Å². The Morgan fingerprint density at radius 2 is 1.56 bits per heavy atom. The highest BCUT2D eigenvalue weighted by molar-refractivity contribution is 5.57. The van der Waals surface area contributed by atoms with E-state index in [1.165, 1.54) is 6.20 Å². The molecule has 2 unspecified atom stereocenters. The van der Waals surface area contributed by atoms with Crippen LogP contribution in [0.4, 0.5) is 0 Å². The van der Waals surface area contributed by atoms with Crippen molar-refractivity contribution in [3.63, 3.8) is 0 Å². The number of hydrogen-bond donors (Lipinski definition) is 1. The third-order valence-corrected chi connectivity index (χ3v) is 3.63. The fourth-order valence-electron chi connectivity index (χ4n) is 2.44. The highest BCUT2D eigenvalue weighted by Crippen LogP contribution is 2.15. The van der Waals surface area contributed by atoms with Crippen LogP contribution in [-0.2, 0) is 9.53 Å². The summed E-state index contributed by atoms with van der Waals surface area (Å²) in [5, 5.41) is 0. The van der Waals surface area contributed by atoms with Gasteiger partial charge < -0.3 is 15.4 Å². The Bertz CT molecular complexity index is 684. The zero-order valence-electron chi connectivity index (χ0n) is 14.4. The molecule has 0 aromatic heterocycles. The van der Waals surface area contributed by atoms with Crippen molar-refractivity contribution in [2.75, 3.05) is 6.54 Å². The number of nitrogens with two attached hydrogens (primary N) is 1. The molecule has 0 saturated carbocycles. The highest BCUT2D eigenvalue weighted by Gasteiger charge is 2.26. The van der Waals surface area contributed by atoms with Crippen molar-refractivity contribution in [1.82, 2.24) is 4.90 Å². The van der Waals surface area contributed by atoms with Crippen molar-refractivity contribution in [3.8, 4) is 0 Å². The number of aldehydes is 1. The van der Waals surface area contributed by atoms with E-state index in [9.17, 15) is 4.79 Å². The molecule has 3 rings (SSSR count). The van der Waals surface area contributed by atoms with Gasteiger partial charge in [-0.25, -0.2) is 0 Å². The van der Waals surface area contributed by atoms with Crippen molar-refractivity contribution >= 4 is 18.4 Å². The molecule has 2 atom stereocenters. The maximum Gasteiger partial charge on any atom is 0.186 e. The number of benzene rings is 2. The lowest BCUT2D eigenvalue weighted by molar-refractivity contribution is -0.121. The largest absolute Gasteiger partial charge is 0.405 e. The van der Waals surface area contributed by atoms with Crippen LogP contribution in [0, 0.1) is 0 Å². The first-order valence-corrected chi connectivity index (χ1v) is 8.26. The lowest BCUT2D eigenvalue weighted by atomic mass is 10.2. The summed E-state index contributed by atoms with van der Waals surface area (Å²) in [6.07, 6.45) is 7.80. The Kier molecular flexibility index (Phi) is 7.47. The number of carbonyl (C=O) groups excluding carboxylic acids is 1. The maximum absolute atomic E-state index is 10.8. The Morgan fingerprint density at radius 1 is 1.00 bits per heavy atom. The predicted molar refractivity (Wildman–Crippen MR) is 102 cm³/mol. The number of nitrogens with zero attached hydrogens (tertiary/aromatic N) is 1. The summed E-state index contributed by atoms with van der Waals surface area (Å²) in [6, 6.07) is 19.9. The summed E-state index contributed by atoms with van der Waals surface area (Å²) in [7, 11) is 0. The average molecular weight is 336 g/mol. The summed E-state index contributed by atoms with van der Waals surface area (Å²) < 4.78 is 5.42. The third kappa shape index (κ3) is 6.28. The Labute approximate surface area is 149 Å². The molecule has 1 fully saturated rings. The van der Waals surface area contributed by atoms with Gasteiger partial charge >= 0.3 is 0 Å². The van der Waals surface area contributed by atoms with Crippen LogP contribution in [0.3, 0.4) is 0 Å². The number of rotatable bonds is 4. The molecule has 25 heavy (non-hydrogen) atoms. The summed E-state index contributed by atoms with van der Waals surface area (Å²) in [4.78, 5) is 12.7. The predicted octanol–water partition coefficient (Wildman–Crippen LogP) is 3.52. The van der Waals surface area contributed by atoms with Crippen LogP contribution >= 0.6 is 0 Å². The molecule has 0 amide bonds. The van der Waals surface area contributed by atoms with Crippen LogP contribution in [0.5, 0.6) is 0 Å². The minimum absolute atomic E-state index is 0.107. The molecule has 2 N–H and O–H groups in total. The zero-order valence-corrected chi connectivity index (χ0v) is 14.4. The highest BCUT2D eigenvalue weighted by atomic mass is 16.5. The molecule has 4 nitrogen and oxygen atoms in total. The van der Waals surface area contributed by atoms with Gasteiger partial charge in [-0.2, -0.15) is 0 Å². The van der Waals surface area contributed by atoms with Gasteiger partial charge in [0.15, 0.2) is 12.5 Å². The van der Waals surface area contributed by atoms with Gasteiger partial charge in [-0.15, -0.1) is 0 Å². The molecule has 2 aromatic carbocycles. The van der Waals surface area contributed by atoms with E-state index in [-0.39, 0.29) is 6.10 Å². The quantitative estimate of drug-likeness (QED) is 0.868. The van der Waals surface area contributed by atoms with Crippen LogP contribution in [0.25, 0.3) is 12.2 Å². The molecular formula is C21H24N2O2. The molecule has 1 heterocycles. The van der Waals surface area contributed by atoms with Gasteiger partial charge in [0, 0.05) is 12.7 Å². The molecule has 4 heteroatoms. The summed E-state index contributed by atoms with van der Waals surface area (Å²) in [5.74, 6) is 0. The van der Waals surface area contributed by atoms with Crippen molar-refractivity contribution in [2.45, 2.75) is 19.3 Å². The van der Waals surface area contributed by atoms with Gasteiger partial charge in [0.1, 0.15) is 0 Å². The van der Waals surface area contributed by atoms with Crippen LogP contribution in [-0.4, -0.2) is 30.1 Å². The smallest absolute Gasteiger partial charge is 0.186 e. The molecule has 1 aliphatic heterocycles. The van der Waals surface area contributed by atoms with Gasteiger partial charge in [-0.05, 0) is 36.4 Å². The van der Waals surface area contributed by atoms with Gasteiger partial charge in [0.05, 0.1) is 6.10 Å². The summed E-state index contributed by atoms with van der Waals surface area (Å²) in [6.45, 7) is 2.72. The van der Waals surface area contributed by atoms with Crippen LogP contribution in [0.1, 0.15) is 18.1 Å². The zero-order chi connectivity index (χ0) is 17.9. The number of carbonyl (C=O) groups is 1. The van der Waals surface area contributed by atoms with Gasteiger partial charge in [-0.3, -0.25) is 4.79 Å². The van der Waals surface area contributed by atoms with Crippen LogP contribution in [0.2, 0.25) is 0 Å². The first-order valence-electron chi connectivity index (χ1n) is 8.26. The van der Waals surface area contributed by atoms with E-state index < -0.39 is 6.23 Å². The summed E-state index contributed by atoms with van der Waals surface area (Å²) in [5.41, 5.74) is 7.44. The fourth-order valence-corrected chi connectivity index (χ4v) is 2.44.